The number of anilines is 1. The molecule has 258 valence electrons. The van der Waals surface area contributed by atoms with Gasteiger partial charge in [0.15, 0.2) is 27.8 Å². The second-order valence-electron chi connectivity index (χ2n) is 13.4. The monoisotopic (exact) mass is 679 g/mol. The largest absolute Gasteiger partial charge is 0.451 e. The number of hydrogen-bond donors (Lipinski definition) is 2. The molecule has 0 bridgehead atoms. The third-order valence-electron chi connectivity index (χ3n) is 10.4. The quantitative estimate of drug-likeness (QED) is 0.132. The molecule has 1 atom stereocenters. The smallest absolute Gasteiger partial charge is 0.256 e. The summed E-state index contributed by atoms with van der Waals surface area (Å²) >= 11 is 0. The van der Waals surface area contributed by atoms with Crippen LogP contribution in [0.5, 0.6) is 0 Å². The van der Waals surface area contributed by atoms with Crippen LogP contribution in [0.15, 0.2) is 67.5 Å². The van der Waals surface area contributed by atoms with Gasteiger partial charge in [-0.1, -0.05) is 24.3 Å². The van der Waals surface area contributed by atoms with Crippen molar-refractivity contribution in [2.45, 2.75) is 31.7 Å². The highest BCUT2D eigenvalue weighted by molar-refractivity contribution is 6.08. The minimum absolute atomic E-state index is 0.0318. The summed E-state index contributed by atoms with van der Waals surface area (Å²) < 4.78 is 29.5. The highest BCUT2D eigenvalue weighted by Gasteiger charge is 2.25. The molecule has 6 aromatic rings. The lowest BCUT2D eigenvalue weighted by molar-refractivity contribution is 0.0378. The second-order valence-corrected chi connectivity index (χ2v) is 13.4. The first-order valence-electron chi connectivity index (χ1n) is 17.3. The minimum atomic E-state index is -0.703. The van der Waals surface area contributed by atoms with E-state index in [0.29, 0.717) is 48.6 Å². The highest BCUT2D eigenvalue weighted by Crippen LogP contribution is 2.35. The fraction of sp³-hybridized carbons (Fsp3) is 0.368. The Morgan fingerprint density at radius 2 is 1.66 bits per heavy atom. The number of morpholine rings is 1. The molecular weight excluding hydrogens is 641 g/mol. The van der Waals surface area contributed by atoms with Crippen molar-refractivity contribution in [1.82, 2.24) is 19.5 Å². The summed E-state index contributed by atoms with van der Waals surface area (Å²) in [6.07, 6.45) is 5.05. The molecular formula is C38H38FN5O6. The van der Waals surface area contributed by atoms with E-state index in [1.165, 1.54) is 12.3 Å². The van der Waals surface area contributed by atoms with Crippen molar-refractivity contribution in [3.63, 3.8) is 0 Å². The Bertz CT molecular complexity index is 2470. The molecule has 12 heteroatoms. The Hall–Kier alpha value is -4.91. The molecule has 0 aliphatic carbocycles. The Labute approximate surface area is 285 Å². The van der Waals surface area contributed by atoms with E-state index in [1.54, 1.807) is 34.7 Å². The maximum absolute atomic E-state index is 16.0. The number of carbonyl (C=O) groups is 1. The zero-order chi connectivity index (χ0) is 34.5. The summed E-state index contributed by atoms with van der Waals surface area (Å²) in [4.78, 5) is 59.3. The summed E-state index contributed by atoms with van der Waals surface area (Å²) in [6.45, 7) is 5.66. The molecule has 4 heterocycles. The number of nitrogens with one attached hydrogen (secondary N) is 2. The topological polar surface area (TPSA) is 126 Å². The number of aromatic nitrogens is 1. The van der Waals surface area contributed by atoms with E-state index in [9.17, 15) is 19.2 Å². The lowest BCUT2D eigenvalue weighted by Crippen LogP contribution is -2.37. The van der Waals surface area contributed by atoms with E-state index >= 15 is 4.39 Å². The van der Waals surface area contributed by atoms with Crippen molar-refractivity contribution in [1.29, 1.82) is 0 Å². The summed E-state index contributed by atoms with van der Waals surface area (Å²) in [5.41, 5.74) is -0.484. The zero-order valence-corrected chi connectivity index (χ0v) is 27.9. The number of rotatable bonds is 9. The van der Waals surface area contributed by atoms with Gasteiger partial charge in [0.2, 0.25) is 5.43 Å². The lowest BCUT2D eigenvalue weighted by atomic mass is 10.0. The summed E-state index contributed by atoms with van der Waals surface area (Å²) in [5.74, 6) is -1.27. The van der Waals surface area contributed by atoms with E-state index < -0.39 is 17.2 Å². The van der Waals surface area contributed by atoms with E-state index in [1.807, 2.05) is 0 Å². The molecule has 0 saturated carbocycles. The molecule has 4 aromatic carbocycles. The number of pyridine rings is 1. The van der Waals surface area contributed by atoms with Crippen LogP contribution in [0.4, 0.5) is 10.1 Å². The van der Waals surface area contributed by atoms with Crippen LogP contribution >= 0.6 is 0 Å². The Morgan fingerprint density at radius 1 is 0.920 bits per heavy atom. The van der Waals surface area contributed by atoms with E-state index in [2.05, 4.69) is 27.5 Å². The van der Waals surface area contributed by atoms with Crippen molar-refractivity contribution in [2.75, 3.05) is 64.8 Å². The lowest BCUT2D eigenvalue weighted by Gasteiger charge is -2.26. The van der Waals surface area contributed by atoms with Gasteiger partial charge in [0, 0.05) is 60.0 Å². The van der Waals surface area contributed by atoms with Gasteiger partial charge >= 0.3 is 0 Å². The average Bonchev–Trinajstić information content (AvgIpc) is 3.54. The Morgan fingerprint density at radius 3 is 2.38 bits per heavy atom. The molecule has 2 aliphatic heterocycles. The van der Waals surface area contributed by atoms with Crippen molar-refractivity contribution in [2.24, 2.45) is 0 Å². The number of likely N-dealkylation sites (tertiary alicyclic amines) is 1. The summed E-state index contributed by atoms with van der Waals surface area (Å²) in [7, 11) is 2.06. The molecule has 2 aromatic heterocycles. The van der Waals surface area contributed by atoms with Gasteiger partial charge in [-0.3, -0.25) is 24.1 Å². The van der Waals surface area contributed by atoms with Crippen LogP contribution < -0.4 is 26.9 Å². The van der Waals surface area contributed by atoms with Crippen LogP contribution in [0, 0.1) is 5.82 Å². The van der Waals surface area contributed by atoms with Gasteiger partial charge in [0.25, 0.3) is 5.91 Å². The third kappa shape index (κ3) is 5.57. The molecule has 1 amide bonds. The fourth-order valence-electron chi connectivity index (χ4n) is 7.67. The standard InChI is InChI=1S/C38H38FN5O6/c1-42-12-4-6-22(42)9-11-41-38(48)28-21-44-30-19-25-26(35(46)24-8-3-2-7-23(24)34(25)45)20-31(30)50-37-32(29(39)18-27(33(37)44)36(28)47)40-10-5-13-43-14-16-49-17-15-43/h2-3,7-8,18-22,40H,4-6,9-17H2,1H3,(H,41,48). The molecule has 2 aliphatic rings. The molecule has 1 unspecified atom stereocenters. The van der Waals surface area contributed by atoms with Gasteiger partial charge in [-0.25, -0.2) is 4.39 Å². The van der Waals surface area contributed by atoms with Crippen LogP contribution in [0.2, 0.25) is 0 Å². The van der Waals surface area contributed by atoms with Gasteiger partial charge in [-0.2, -0.15) is 0 Å². The van der Waals surface area contributed by atoms with Crippen LogP contribution in [0.25, 0.3) is 49.1 Å². The number of amides is 1. The Balaban J connectivity index is 1.27. The van der Waals surface area contributed by atoms with Crippen LogP contribution in [-0.2, 0) is 4.74 Å². The SMILES string of the molecule is CN1CCCC1CCNC(=O)c1cn2c3cc4c(=O)c5ccccc5c(=O)c4cc3oc3c(NCCCN4CCOCC4)c(F)cc(c1=O)c32. The number of benzene rings is 4. The molecule has 2 fully saturated rings. The van der Waals surface area contributed by atoms with Crippen molar-refractivity contribution >= 4 is 60.7 Å². The van der Waals surface area contributed by atoms with E-state index in [4.69, 9.17) is 9.15 Å². The van der Waals surface area contributed by atoms with E-state index in [-0.39, 0.29) is 54.9 Å². The second kappa shape index (κ2) is 13.1. The predicted molar refractivity (Wildman–Crippen MR) is 193 cm³/mol. The van der Waals surface area contributed by atoms with Crippen LogP contribution in [0.3, 0.4) is 0 Å². The molecule has 11 nitrogen and oxygen atoms in total. The molecule has 0 radical (unpaired) electrons. The van der Waals surface area contributed by atoms with Crippen molar-refractivity contribution in [3.05, 3.63) is 90.7 Å². The summed E-state index contributed by atoms with van der Waals surface area (Å²) in [5, 5.41) is 6.99. The minimum Gasteiger partial charge on any atom is -0.451 e. The van der Waals surface area contributed by atoms with Gasteiger partial charge in [-0.15, -0.1) is 0 Å². The maximum atomic E-state index is 16.0. The number of fused-ring (bicyclic) bond motifs is 4. The number of halogens is 1. The fourth-order valence-corrected chi connectivity index (χ4v) is 7.67. The number of nitrogens with zero attached hydrogens (tertiary/aromatic N) is 3. The Kier molecular flexibility index (Phi) is 8.46. The molecule has 0 spiro atoms. The molecule has 50 heavy (non-hydrogen) atoms. The average molecular weight is 680 g/mol. The first-order valence-corrected chi connectivity index (χ1v) is 17.3. The number of ether oxygens (including phenoxy) is 1. The normalized spacial score (nSPS) is 17.5. The van der Waals surface area contributed by atoms with Crippen LogP contribution in [0.1, 0.15) is 36.0 Å². The first kappa shape index (κ1) is 32.3. The van der Waals surface area contributed by atoms with Gasteiger partial charge < -0.3 is 29.1 Å². The van der Waals surface area contributed by atoms with Gasteiger partial charge in [0.05, 0.1) is 24.1 Å². The molecule has 2 N–H and O–H groups in total. The van der Waals surface area contributed by atoms with Crippen LogP contribution in [-0.4, -0.2) is 85.7 Å². The third-order valence-corrected chi connectivity index (χ3v) is 10.4. The predicted octanol–water partition coefficient (Wildman–Crippen LogP) is 4.15. The first-order chi connectivity index (χ1) is 24.3. The van der Waals surface area contributed by atoms with Gasteiger partial charge in [0.1, 0.15) is 16.8 Å². The number of hydrogen-bond acceptors (Lipinski definition) is 9. The highest BCUT2D eigenvalue weighted by atomic mass is 19.1. The zero-order valence-electron chi connectivity index (χ0n) is 27.9. The molecule has 2 saturated heterocycles. The number of carbonyl (C=O) groups excluding carboxylic acids is 1. The van der Waals surface area contributed by atoms with E-state index in [0.717, 1.165) is 57.9 Å². The molecule has 8 rings (SSSR count). The van der Waals surface area contributed by atoms with Gasteiger partial charge in [-0.05, 0) is 64.0 Å². The summed E-state index contributed by atoms with van der Waals surface area (Å²) in [6, 6.07) is 11.2. The van der Waals surface area contributed by atoms with Crippen molar-refractivity contribution in [3.8, 4) is 0 Å². The maximum Gasteiger partial charge on any atom is 0.256 e. The van der Waals surface area contributed by atoms with Crippen molar-refractivity contribution < 1.29 is 18.3 Å².